The van der Waals surface area contributed by atoms with Gasteiger partial charge in [0.1, 0.15) is 5.75 Å². The van der Waals surface area contributed by atoms with Crippen LogP contribution in [0.15, 0.2) is 29.3 Å². The first-order valence-corrected chi connectivity index (χ1v) is 6.45. The van der Waals surface area contributed by atoms with Crippen molar-refractivity contribution < 1.29 is 4.74 Å². The van der Waals surface area contributed by atoms with Gasteiger partial charge in [-0.05, 0) is 38.0 Å². The molecule has 0 saturated heterocycles. The van der Waals surface area contributed by atoms with Gasteiger partial charge in [0.2, 0.25) is 0 Å². The van der Waals surface area contributed by atoms with Crippen molar-refractivity contribution in [2.75, 3.05) is 26.7 Å². The third-order valence-electron chi connectivity index (χ3n) is 2.49. The first kappa shape index (κ1) is 18.0. The molecule has 0 spiro atoms. The average molecular weight is 377 g/mol. The van der Waals surface area contributed by atoms with Gasteiger partial charge >= 0.3 is 0 Å². The lowest BCUT2D eigenvalue weighted by atomic mass is 10.1. The smallest absolute Gasteiger partial charge is 0.191 e. The zero-order valence-electron chi connectivity index (χ0n) is 11.9. The van der Waals surface area contributed by atoms with Crippen molar-refractivity contribution in [3.8, 4) is 5.75 Å². The van der Waals surface area contributed by atoms with Crippen LogP contribution in [0.1, 0.15) is 19.4 Å². The van der Waals surface area contributed by atoms with E-state index in [4.69, 9.17) is 4.74 Å². The van der Waals surface area contributed by atoms with E-state index in [0.29, 0.717) is 0 Å². The molecule has 0 aliphatic carbocycles. The van der Waals surface area contributed by atoms with Crippen LogP contribution in [0.5, 0.6) is 5.75 Å². The summed E-state index contributed by atoms with van der Waals surface area (Å²) in [6.07, 6.45) is 0.914. The van der Waals surface area contributed by atoms with Gasteiger partial charge in [-0.25, -0.2) is 0 Å². The number of rotatable bonds is 6. The summed E-state index contributed by atoms with van der Waals surface area (Å²) >= 11 is 0. The summed E-state index contributed by atoms with van der Waals surface area (Å²) in [5, 5.41) is 6.41. The lowest BCUT2D eigenvalue weighted by Gasteiger charge is -2.09. The maximum atomic E-state index is 5.20. The largest absolute Gasteiger partial charge is 0.497 e. The Morgan fingerprint density at radius 2 is 1.89 bits per heavy atom. The van der Waals surface area contributed by atoms with Crippen molar-refractivity contribution >= 4 is 29.9 Å². The summed E-state index contributed by atoms with van der Waals surface area (Å²) < 4.78 is 5.20. The van der Waals surface area contributed by atoms with E-state index in [1.165, 1.54) is 5.56 Å². The predicted molar refractivity (Wildman–Crippen MR) is 91.8 cm³/mol. The van der Waals surface area contributed by atoms with E-state index in [-0.39, 0.29) is 24.0 Å². The number of benzene rings is 1. The Labute approximate surface area is 133 Å². The van der Waals surface area contributed by atoms with Gasteiger partial charge in [0.25, 0.3) is 0 Å². The molecule has 5 heteroatoms. The second-order valence-electron chi connectivity index (χ2n) is 3.89. The number of nitrogens with zero attached hydrogens (tertiary/aromatic N) is 1. The highest BCUT2D eigenvalue weighted by atomic mass is 127. The predicted octanol–water partition coefficient (Wildman–Crippen LogP) is 2.43. The van der Waals surface area contributed by atoms with Crippen LogP contribution < -0.4 is 15.4 Å². The minimum atomic E-state index is 0. The van der Waals surface area contributed by atoms with Crippen LogP contribution in [-0.2, 0) is 6.42 Å². The minimum Gasteiger partial charge on any atom is -0.497 e. The van der Waals surface area contributed by atoms with Gasteiger partial charge in [0, 0.05) is 19.6 Å². The fraction of sp³-hybridized carbons (Fsp3) is 0.500. The monoisotopic (exact) mass is 377 g/mol. The second-order valence-corrected chi connectivity index (χ2v) is 3.89. The van der Waals surface area contributed by atoms with Crippen LogP contribution >= 0.6 is 24.0 Å². The molecule has 19 heavy (non-hydrogen) atoms. The Morgan fingerprint density at radius 3 is 2.47 bits per heavy atom. The molecule has 0 bridgehead atoms. The Kier molecular flexibility index (Phi) is 10.3. The third-order valence-corrected chi connectivity index (χ3v) is 2.49. The van der Waals surface area contributed by atoms with Gasteiger partial charge in [0.15, 0.2) is 5.96 Å². The molecule has 1 rings (SSSR count). The zero-order chi connectivity index (χ0) is 13.2. The maximum absolute atomic E-state index is 5.20. The fourth-order valence-corrected chi connectivity index (χ4v) is 1.63. The molecule has 0 fully saturated rings. The number of methoxy groups -OCH3 is 1. The summed E-state index contributed by atoms with van der Waals surface area (Å²) in [4.78, 5) is 4.51. The van der Waals surface area contributed by atoms with E-state index in [0.717, 1.165) is 37.8 Å². The number of hydrogen-bond acceptors (Lipinski definition) is 2. The Balaban J connectivity index is 0.00000324. The number of nitrogens with one attached hydrogen (secondary N) is 2. The molecule has 4 nitrogen and oxygen atoms in total. The Morgan fingerprint density at radius 1 is 1.21 bits per heavy atom. The normalized spacial score (nSPS) is 9.21. The molecule has 0 aliphatic heterocycles. The van der Waals surface area contributed by atoms with Gasteiger partial charge in [-0.1, -0.05) is 12.1 Å². The van der Waals surface area contributed by atoms with Gasteiger partial charge < -0.3 is 15.4 Å². The van der Waals surface area contributed by atoms with E-state index in [9.17, 15) is 0 Å². The molecule has 0 aromatic heterocycles. The van der Waals surface area contributed by atoms with Gasteiger partial charge in [0.05, 0.1) is 7.11 Å². The lowest BCUT2D eigenvalue weighted by Crippen LogP contribution is -2.37. The molecule has 108 valence electrons. The zero-order valence-corrected chi connectivity index (χ0v) is 14.2. The van der Waals surface area contributed by atoms with Crippen molar-refractivity contribution in [1.82, 2.24) is 10.6 Å². The van der Waals surface area contributed by atoms with Crippen molar-refractivity contribution in [2.45, 2.75) is 20.3 Å². The Bertz CT molecular complexity index is 375. The fourth-order valence-electron chi connectivity index (χ4n) is 1.63. The van der Waals surface area contributed by atoms with E-state index in [1.807, 2.05) is 12.1 Å². The molecule has 0 radical (unpaired) electrons. The van der Waals surface area contributed by atoms with E-state index < -0.39 is 0 Å². The quantitative estimate of drug-likeness (QED) is 0.455. The summed E-state index contributed by atoms with van der Waals surface area (Å²) in [5.41, 5.74) is 1.24. The van der Waals surface area contributed by atoms with Crippen LogP contribution in [0.25, 0.3) is 0 Å². The van der Waals surface area contributed by atoms with Gasteiger partial charge in [-0.2, -0.15) is 0 Å². The minimum absolute atomic E-state index is 0. The summed E-state index contributed by atoms with van der Waals surface area (Å²) in [6.45, 7) is 6.66. The highest BCUT2D eigenvalue weighted by Crippen LogP contribution is 2.12. The molecule has 0 saturated carbocycles. The van der Waals surface area contributed by atoms with Crippen molar-refractivity contribution in [2.24, 2.45) is 4.99 Å². The van der Waals surface area contributed by atoms with Crippen LogP contribution in [0.4, 0.5) is 0 Å². The number of aliphatic imine (C=N–C) groups is 1. The highest BCUT2D eigenvalue weighted by molar-refractivity contribution is 14.0. The van der Waals surface area contributed by atoms with Gasteiger partial charge in [-0.3, -0.25) is 4.99 Å². The molecule has 0 unspecified atom stereocenters. The molecular weight excluding hydrogens is 353 g/mol. The summed E-state index contributed by atoms with van der Waals surface area (Å²) in [7, 11) is 1.69. The van der Waals surface area contributed by atoms with E-state index >= 15 is 0 Å². The molecular formula is C14H24IN3O. The van der Waals surface area contributed by atoms with Crippen molar-refractivity contribution in [3.63, 3.8) is 0 Å². The van der Waals surface area contributed by atoms with Gasteiger partial charge in [-0.15, -0.1) is 24.0 Å². The molecule has 2 N–H and O–H groups in total. The third kappa shape index (κ3) is 7.25. The molecule has 1 aromatic carbocycles. The van der Waals surface area contributed by atoms with Crippen LogP contribution in [0, 0.1) is 0 Å². The van der Waals surface area contributed by atoms with E-state index in [2.05, 4.69) is 41.6 Å². The molecule has 1 aromatic rings. The first-order chi connectivity index (χ1) is 8.80. The standard InChI is InChI=1S/C14H23N3O.HI/c1-4-15-14(16-5-2)17-10-9-12-7-6-8-13(11-12)18-3;/h6-8,11H,4-5,9-10H2,1-3H3,(H2,15,16,17);1H. The van der Waals surface area contributed by atoms with Crippen LogP contribution in [-0.4, -0.2) is 32.7 Å². The average Bonchev–Trinajstić information content (AvgIpc) is 2.39. The number of halogens is 1. The second kappa shape index (κ2) is 10.9. The molecule has 0 aliphatic rings. The molecule has 0 atom stereocenters. The Hall–Kier alpha value is -0.980. The van der Waals surface area contributed by atoms with Crippen LogP contribution in [0.3, 0.4) is 0 Å². The molecule has 0 amide bonds. The molecule has 0 heterocycles. The highest BCUT2D eigenvalue weighted by Gasteiger charge is 1.97. The topological polar surface area (TPSA) is 45.7 Å². The van der Waals surface area contributed by atoms with Crippen LogP contribution in [0.2, 0.25) is 0 Å². The number of ether oxygens (including phenoxy) is 1. The number of hydrogen-bond donors (Lipinski definition) is 2. The SMILES string of the molecule is CCNC(=NCCc1cccc(OC)c1)NCC.I. The maximum Gasteiger partial charge on any atom is 0.191 e. The summed E-state index contributed by atoms with van der Waals surface area (Å²) in [6, 6.07) is 8.11. The number of guanidine groups is 1. The first-order valence-electron chi connectivity index (χ1n) is 6.45. The van der Waals surface area contributed by atoms with Crippen molar-refractivity contribution in [3.05, 3.63) is 29.8 Å². The summed E-state index contributed by atoms with van der Waals surface area (Å²) in [5.74, 6) is 1.78. The lowest BCUT2D eigenvalue weighted by molar-refractivity contribution is 0.414. The van der Waals surface area contributed by atoms with Crippen molar-refractivity contribution in [1.29, 1.82) is 0 Å². The van der Waals surface area contributed by atoms with E-state index in [1.54, 1.807) is 7.11 Å².